The average molecular weight is 364 g/mol. The summed E-state index contributed by atoms with van der Waals surface area (Å²) in [5.41, 5.74) is 5.74. The fourth-order valence-corrected chi connectivity index (χ4v) is 2.89. The Labute approximate surface area is 155 Å². The van der Waals surface area contributed by atoms with Gasteiger partial charge in [0.1, 0.15) is 6.07 Å². The van der Waals surface area contributed by atoms with Gasteiger partial charge in [0.2, 0.25) is 5.13 Å². The van der Waals surface area contributed by atoms with Crippen LogP contribution < -0.4 is 14.9 Å². The molecule has 0 aliphatic carbocycles. The fourth-order valence-electron chi connectivity index (χ4n) is 2.22. The maximum atomic E-state index is 8.59. The predicted octanol–water partition coefficient (Wildman–Crippen LogP) is 4.17. The lowest BCUT2D eigenvalue weighted by Gasteiger charge is -2.08. The number of thiazole rings is 1. The van der Waals surface area contributed by atoms with Crippen molar-refractivity contribution in [1.82, 2.24) is 4.98 Å². The van der Waals surface area contributed by atoms with Gasteiger partial charge in [-0.25, -0.2) is 4.98 Å². The van der Waals surface area contributed by atoms with Crippen molar-refractivity contribution in [1.29, 1.82) is 5.26 Å². The second kappa shape index (κ2) is 8.65. The van der Waals surface area contributed by atoms with Gasteiger partial charge in [-0.3, -0.25) is 5.43 Å². The number of benzene rings is 2. The van der Waals surface area contributed by atoms with Crippen molar-refractivity contribution in [3.05, 3.63) is 59.5 Å². The minimum absolute atomic E-state index is 0.0286. The molecule has 0 radical (unpaired) electrons. The summed E-state index contributed by atoms with van der Waals surface area (Å²) in [7, 11) is 1.55. The molecule has 130 valence electrons. The fraction of sp³-hybridized carbons (Fsp3) is 0.105. The number of anilines is 1. The third-order valence-corrected chi connectivity index (χ3v) is 4.17. The van der Waals surface area contributed by atoms with Crippen LogP contribution in [0, 0.1) is 11.3 Å². The topological polar surface area (TPSA) is 79.5 Å². The maximum absolute atomic E-state index is 8.59. The van der Waals surface area contributed by atoms with Gasteiger partial charge in [-0.1, -0.05) is 30.3 Å². The third-order valence-electron chi connectivity index (χ3n) is 3.43. The normalized spacial score (nSPS) is 10.5. The van der Waals surface area contributed by atoms with Crippen molar-refractivity contribution in [3.8, 4) is 28.8 Å². The number of nitrogens with one attached hydrogen (secondary N) is 1. The van der Waals surface area contributed by atoms with Gasteiger partial charge in [-0.15, -0.1) is 11.3 Å². The van der Waals surface area contributed by atoms with Crippen LogP contribution in [0.4, 0.5) is 5.13 Å². The van der Waals surface area contributed by atoms with Gasteiger partial charge >= 0.3 is 0 Å². The number of nitriles is 1. The van der Waals surface area contributed by atoms with E-state index in [-0.39, 0.29) is 6.61 Å². The highest BCUT2D eigenvalue weighted by Gasteiger charge is 2.05. The predicted molar refractivity (Wildman–Crippen MR) is 103 cm³/mol. The van der Waals surface area contributed by atoms with Crippen molar-refractivity contribution in [2.24, 2.45) is 5.10 Å². The van der Waals surface area contributed by atoms with E-state index in [0.717, 1.165) is 16.8 Å². The largest absolute Gasteiger partial charge is 0.493 e. The molecule has 0 fully saturated rings. The van der Waals surface area contributed by atoms with Crippen LogP contribution in [0.15, 0.2) is 59.0 Å². The van der Waals surface area contributed by atoms with E-state index in [4.69, 9.17) is 14.7 Å². The van der Waals surface area contributed by atoms with Gasteiger partial charge in [0, 0.05) is 10.9 Å². The molecule has 0 amide bonds. The monoisotopic (exact) mass is 364 g/mol. The number of rotatable bonds is 7. The zero-order valence-corrected chi connectivity index (χ0v) is 14.9. The molecule has 0 unspecified atom stereocenters. The van der Waals surface area contributed by atoms with Crippen LogP contribution in [-0.2, 0) is 0 Å². The Kier molecular flexibility index (Phi) is 5.80. The highest BCUT2D eigenvalue weighted by Crippen LogP contribution is 2.28. The van der Waals surface area contributed by atoms with Crippen LogP contribution in [-0.4, -0.2) is 24.9 Å². The molecule has 26 heavy (non-hydrogen) atoms. The molecule has 0 aliphatic heterocycles. The standard InChI is InChI=1S/C19H16N4O2S/c1-24-18-11-14(7-8-17(18)25-10-9-20)12-21-23-19-22-16(13-26-19)15-5-3-2-4-6-15/h2-8,11-13H,10H2,1H3,(H,22,23)/b21-12+. The summed E-state index contributed by atoms with van der Waals surface area (Å²) in [4.78, 5) is 4.51. The van der Waals surface area contributed by atoms with E-state index in [0.29, 0.717) is 16.6 Å². The quantitative estimate of drug-likeness (QED) is 0.503. The van der Waals surface area contributed by atoms with E-state index >= 15 is 0 Å². The summed E-state index contributed by atoms with van der Waals surface area (Å²) in [6, 6.07) is 17.3. The molecule has 1 N–H and O–H groups in total. The maximum Gasteiger partial charge on any atom is 0.203 e. The first-order valence-electron chi connectivity index (χ1n) is 7.78. The lowest BCUT2D eigenvalue weighted by molar-refractivity contribution is 0.329. The minimum Gasteiger partial charge on any atom is -0.493 e. The smallest absolute Gasteiger partial charge is 0.203 e. The lowest BCUT2D eigenvalue weighted by atomic mass is 10.2. The Morgan fingerprint density at radius 3 is 2.85 bits per heavy atom. The summed E-state index contributed by atoms with van der Waals surface area (Å²) >= 11 is 1.49. The molecule has 2 aromatic carbocycles. The molecule has 6 nitrogen and oxygen atoms in total. The van der Waals surface area contributed by atoms with E-state index in [1.807, 2.05) is 47.8 Å². The van der Waals surface area contributed by atoms with Gasteiger partial charge in [0.25, 0.3) is 0 Å². The van der Waals surface area contributed by atoms with Crippen molar-refractivity contribution in [2.75, 3.05) is 19.1 Å². The highest BCUT2D eigenvalue weighted by atomic mass is 32.1. The average Bonchev–Trinajstić information content (AvgIpc) is 3.16. The first-order chi connectivity index (χ1) is 12.8. The molecular weight excluding hydrogens is 348 g/mol. The van der Waals surface area contributed by atoms with Crippen LogP contribution >= 0.6 is 11.3 Å². The zero-order chi connectivity index (χ0) is 18.2. The zero-order valence-electron chi connectivity index (χ0n) is 14.0. The van der Waals surface area contributed by atoms with Gasteiger partial charge in [0.15, 0.2) is 18.1 Å². The van der Waals surface area contributed by atoms with Crippen molar-refractivity contribution in [2.45, 2.75) is 0 Å². The Hall–Kier alpha value is -3.37. The number of nitrogens with zero attached hydrogens (tertiary/aromatic N) is 3. The summed E-state index contributed by atoms with van der Waals surface area (Å²) < 4.78 is 10.6. The molecule has 0 saturated carbocycles. The Morgan fingerprint density at radius 2 is 2.08 bits per heavy atom. The molecule has 0 aliphatic rings. The van der Waals surface area contributed by atoms with Crippen LogP contribution in [0.3, 0.4) is 0 Å². The first kappa shape index (κ1) is 17.5. The van der Waals surface area contributed by atoms with Crippen LogP contribution in [0.1, 0.15) is 5.56 Å². The summed E-state index contributed by atoms with van der Waals surface area (Å²) in [5.74, 6) is 1.07. The van der Waals surface area contributed by atoms with E-state index < -0.39 is 0 Å². The number of hydrogen-bond acceptors (Lipinski definition) is 7. The van der Waals surface area contributed by atoms with Gasteiger partial charge in [0.05, 0.1) is 19.0 Å². The Bertz CT molecular complexity index is 932. The molecule has 0 spiro atoms. The molecule has 0 saturated heterocycles. The second-order valence-corrected chi connectivity index (χ2v) is 5.99. The number of hydrogen-bond donors (Lipinski definition) is 1. The van der Waals surface area contributed by atoms with Crippen molar-refractivity contribution >= 4 is 22.7 Å². The summed E-state index contributed by atoms with van der Waals surface area (Å²) in [6.07, 6.45) is 1.67. The Balaban J connectivity index is 1.65. The van der Waals surface area contributed by atoms with Gasteiger partial charge < -0.3 is 9.47 Å². The molecular formula is C19H16N4O2S. The summed E-state index contributed by atoms with van der Waals surface area (Å²) in [5, 5.41) is 15.5. The number of methoxy groups -OCH3 is 1. The van der Waals surface area contributed by atoms with Crippen LogP contribution in [0.5, 0.6) is 11.5 Å². The SMILES string of the molecule is COc1cc(/C=N/Nc2nc(-c3ccccc3)cs2)ccc1OCC#N. The van der Waals surface area contributed by atoms with E-state index in [9.17, 15) is 0 Å². The molecule has 3 aromatic rings. The molecule has 0 atom stereocenters. The van der Waals surface area contributed by atoms with E-state index in [2.05, 4.69) is 15.5 Å². The number of aromatic nitrogens is 1. The van der Waals surface area contributed by atoms with E-state index in [1.54, 1.807) is 25.5 Å². The summed E-state index contributed by atoms with van der Waals surface area (Å²) in [6.45, 7) is -0.0286. The minimum atomic E-state index is -0.0286. The van der Waals surface area contributed by atoms with Crippen molar-refractivity contribution in [3.63, 3.8) is 0 Å². The molecule has 7 heteroatoms. The van der Waals surface area contributed by atoms with Gasteiger partial charge in [-0.2, -0.15) is 10.4 Å². The highest BCUT2D eigenvalue weighted by molar-refractivity contribution is 7.14. The van der Waals surface area contributed by atoms with Gasteiger partial charge in [-0.05, 0) is 23.8 Å². The number of hydrazone groups is 1. The second-order valence-electron chi connectivity index (χ2n) is 5.13. The molecule has 1 heterocycles. The van der Waals surface area contributed by atoms with Crippen molar-refractivity contribution < 1.29 is 9.47 Å². The molecule has 0 bridgehead atoms. The van der Waals surface area contributed by atoms with E-state index in [1.165, 1.54) is 11.3 Å². The third kappa shape index (κ3) is 4.37. The van der Waals surface area contributed by atoms with Crippen LogP contribution in [0.25, 0.3) is 11.3 Å². The first-order valence-corrected chi connectivity index (χ1v) is 8.66. The number of ether oxygens (including phenoxy) is 2. The van der Waals surface area contributed by atoms with Crippen LogP contribution in [0.2, 0.25) is 0 Å². The molecule has 1 aromatic heterocycles. The Morgan fingerprint density at radius 1 is 1.23 bits per heavy atom. The lowest BCUT2D eigenvalue weighted by Crippen LogP contribution is -1.98. The molecule has 3 rings (SSSR count).